The fourth-order valence-corrected chi connectivity index (χ4v) is 3.93. The van der Waals surface area contributed by atoms with E-state index in [9.17, 15) is 4.39 Å². The summed E-state index contributed by atoms with van der Waals surface area (Å²) in [5.41, 5.74) is 2.94. The van der Waals surface area contributed by atoms with Gasteiger partial charge in [0.1, 0.15) is 12.1 Å². The zero-order valence-corrected chi connectivity index (χ0v) is 14.9. The minimum absolute atomic E-state index is 0.190. The second kappa shape index (κ2) is 6.70. The number of nitrogens with zero attached hydrogens (tertiary/aromatic N) is 5. The molecule has 1 fully saturated rings. The molecule has 27 heavy (non-hydrogen) atoms. The molecule has 2 aromatic carbocycles. The van der Waals surface area contributed by atoms with Crippen molar-refractivity contribution in [2.45, 2.75) is 25.3 Å². The molecule has 1 saturated heterocycles. The van der Waals surface area contributed by atoms with Crippen molar-refractivity contribution in [2.24, 2.45) is 0 Å². The summed E-state index contributed by atoms with van der Waals surface area (Å²) in [6, 6.07) is 14.8. The van der Waals surface area contributed by atoms with Gasteiger partial charge in [0.2, 0.25) is 0 Å². The number of fused-ring (bicyclic) bond motifs is 3. The lowest BCUT2D eigenvalue weighted by atomic mass is 9.97. The number of benzene rings is 2. The summed E-state index contributed by atoms with van der Waals surface area (Å²) in [4.78, 5) is 11.7. The zero-order valence-electron chi connectivity index (χ0n) is 14.9. The Bertz CT molecular complexity index is 1090. The molecule has 5 nitrogen and oxygen atoms in total. The Balaban J connectivity index is 1.40. The van der Waals surface area contributed by atoms with Crippen LogP contribution >= 0.6 is 0 Å². The summed E-state index contributed by atoms with van der Waals surface area (Å²) >= 11 is 0. The molecule has 0 aliphatic carbocycles. The number of halogens is 1. The van der Waals surface area contributed by atoms with Crippen molar-refractivity contribution in [3.05, 3.63) is 72.1 Å². The predicted molar refractivity (Wildman–Crippen MR) is 102 cm³/mol. The van der Waals surface area contributed by atoms with Crippen LogP contribution in [0.4, 0.5) is 4.39 Å². The van der Waals surface area contributed by atoms with Gasteiger partial charge in [-0.1, -0.05) is 24.3 Å². The van der Waals surface area contributed by atoms with Crippen molar-refractivity contribution >= 4 is 16.6 Å². The lowest BCUT2D eigenvalue weighted by Gasteiger charge is -2.31. The average molecular weight is 361 g/mol. The first-order chi connectivity index (χ1) is 13.3. The standard InChI is InChI=1S/C21H20FN5/c22-17-9-7-15(8-10-17)12-26-11-3-4-16(13-26)20-24-21-18-5-1-2-6-19(18)23-14-27(21)25-20/h1-2,5-10,14,16H,3-4,11-13H2. The summed E-state index contributed by atoms with van der Waals surface area (Å²) in [6.07, 6.45) is 3.94. The van der Waals surface area contributed by atoms with E-state index in [1.165, 1.54) is 12.1 Å². The van der Waals surface area contributed by atoms with E-state index in [0.717, 1.165) is 60.4 Å². The fourth-order valence-electron chi connectivity index (χ4n) is 3.93. The molecule has 1 unspecified atom stereocenters. The molecule has 1 atom stereocenters. The Kier molecular flexibility index (Phi) is 4.05. The molecule has 6 heteroatoms. The highest BCUT2D eigenvalue weighted by atomic mass is 19.1. The maximum absolute atomic E-state index is 13.1. The van der Waals surface area contributed by atoms with Crippen LogP contribution in [0.1, 0.15) is 30.1 Å². The number of rotatable bonds is 3. The van der Waals surface area contributed by atoms with E-state index in [1.807, 2.05) is 36.4 Å². The number of aromatic nitrogens is 4. The smallest absolute Gasteiger partial charge is 0.166 e. The van der Waals surface area contributed by atoms with Gasteiger partial charge in [0.25, 0.3) is 0 Å². The van der Waals surface area contributed by atoms with Crippen molar-refractivity contribution in [3.63, 3.8) is 0 Å². The second-order valence-corrected chi connectivity index (χ2v) is 7.20. The molecule has 136 valence electrons. The average Bonchev–Trinajstić information content (AvgIpc) is 3.15. The molecule has 0 bridgehead atoms. The Morgan fingerprint density at radius 1 is 1.07 bits per heavy atom. The van der Waals surface area contributed by atoms with Crippen LogP contribution < -0.4 is 0 Å². The molecule has 0 saturated carbocycles. The lowest BCUT2D eigenvalue weighted by molar-refractivity contribution is 0.196. The molecule has 4 aromatic rings. The van der Waals surface area contributed by atoms with Gasteiger partial charge in [0.15, 0.2) is 11.5 Å². The Labute approximate surface area is 156 Å². The van der Waals surface area contributed by atoms with Gasteiger partial charge in [0, 0.05) is 24.4 Å². The van der Waals surface area contributed by atoms with Crippen LogP contribution in [-0.4, -0.2) is 37.6 Å². The van der Waals surface area contributed by atoms with Gasteiger partial charge in [0.05, 0.1) is 5.52 Å². The summed E-state index contributed by atoms with van der Waals surface area (Å²) < 4.78 is 14.9. The van der Waals surface area contributed by atoms with E-state index >= 15 is 0 Å². The van der Waals surface area contributed by atoms with E-state index < -0.39 is 0 Å². The van der Waals surface area contributed by atoms with Crippen LogP contribution in [0.5, 0.6) is 0 Å². The molecule has 0 N–H and O–H groups in total. The summed E-state index contributed by atoms with van der Waals surface area (Å²) in [5.74, 6) is 1.000. The third-order valence-electron chi connectivity index (χ3n) is 5.29. The molecule has 5 rings (SSSR count). The third-order valence-corrected chi connectivity index (χ3v) is 5.29. The maximum atomic E-state index is 13.1. The first-order valence-corrected chi connectivity index (χ1v) is 9.33. The number of piperidine rings is 1. The van der Waals surface area contributed by atoms with Crippen molar-refractivity contribution in [2.75, 3.05) is 13.1 Å². The maximum Gasteiger partial charge on any atom is 0.166 e. The van der Waals surface area contributed by atoms with Crippen molar-refractivity contribution in [1.82, 2.24) is 24.5 Å². The molecule has 0 spiro atoms. The molecule has 3 heterocycles. The predicted octanol–water partition coefficient (Wildman–Crippen LogP) is 3.80. The SMILES string of the molecule is Fc1ccc(CN2CCCC(c3nc4c5ccccc5ncn4n3)C2)cc1. The summed E-state index contributed by atoms with van der Waals surface area (Å²) in [7, 11) is 0. The normalized spacial score (nSPS) is 18.3. The van der Waals surface area contributed by atoms with E-state index in [2.05, 4.69) is 9.88 Å². The van der Waals surface area contributed by atoms with E-state index in [4.69, 9.17) is 10.1 Å². The zero-order chi connectivity index (χ0) is 18.2. The number of hydrogen-bond acceptors (Lipinski definition) is 4. The molecule has 0 radical (unpaired) electrons. The monoisotopic (exact) mass is 361 g/mol. The van der Waals surface area contributed by atoms with E-state index in [0.29, 0.717) is 5.92 Å². The second-order valence-electron chi connectivity index (χ2n) is 7.20. The van der Waals surface area contributed by atoms with Crippen molar-refractivity contribution in [1.29, 1.82) is 0 Å². The summed E-state index contributed by atoms with van der Waals surface area (Å²) in [5, 5.41) is 5.73. The first kappa shape index (κ1) is 16.3. The highest BCUT2D eigenvalue weighted by Crippen LogP contribution is 2.27. The van der Waals surface area contributed by atoms with Gasteiger partial charge in [-0.3, -0.25) is 4.90 Å². The quantitative estimate of drug-likeness (QED) is 0.557. The molecule has 1 aliphatic rings. The highest BCUT2D eigenvalue weighted by molar-refractivity contribution is 5.90. The lowest BCUT2D eigenvalue weighted by Crippen LogP contribution is -2.34. The minimum Gasteiger partial charge on any atom is -0.298 e. The van der Waals surface area contributed by atoms with Crippen LogP contribution in [0, 0.1) is 5.82 Å². The largest absolute Gasteiger partial charge is 0.298 e. The van der Waals surface area contributed by atoms with Gasteiger partial charge in [-0.25, -0.2) is 18.9 Å². The van der Waals surface area contributed by atoms with Crippen molar-refractivity contribution < 1.29 is 4.39 Å². The fraction of sp³-hybridized carbons (Fsp3) is 0.286. The van der Waals surface area contributed by atoms with Crippen LogP contribution in [0.3, 0.4) is 0 Å². The molecular formula is C21H20FN5. The molecule has 0 amide bonds. The topological polar surface area (TPSA) is 46.3 Å². The minimum atomic E-state index is -0.190. The van der Waals surface area contributed by atoms with Gasteiger partial charge < -0.3 is 0 Å². The molecular weight excluding hydrogens is 341 g/mol. The van der Waals surface area contributed by atoms with Crippen LogP contribution in [0.25, 0.3) is 16.6 Å². The first-order valence-electron chi connectivity index (χ1n) is 9.33. The number of hydrogen-bond donors (Lipinski definition) is 0. The third kappa shape index (κ3) is 3.17. The van der Waals surface area contributed by atoms with Crippen LogP contribution in [-0.2, 0) is 6.54 Å². The van der Waals surface area contributed by atoms with Gasteiger partial charge >= 0.3 is 0 Å². The molecule has 2 aromatic heterocycles. The van der Waals surface area contributed by atoms with Crippen LogP contribution in [0.2, 0.25) is 0 Å². The highest BCUT2D eigenvalue weighted by Gasteiger charge is 2.25. The van der Waals surface area contributed by atoms with Gasteiger partial charge in [-0.15, -0.1) is 5.10 Å². The van der Waals surface area contributed by atoms with Crippen LogP contribution in [0.15, 0.2) is 54.9 Å². The molecule has 1 aliphatic heterocycles. The number of likely N-dealkylation sites (tertiary alicyclic amines) is 1. The van der Waals surface area contributed by atoms with Gasteiger partial charge in [-0.05, 0) is 49.2 Å². The van der Waals surface area contributed by atoms with E-state index in [-0.39, 0.29) is 5.82 Å². The Morgan fingerprint density at radius 3 is 2.81 bits per heavy atom. The Morgan fingerprint density at radius 2 is 1.93 bits per heavy atom. The summed E-state index contributed by atoms with van der Waals surface area (Å²) in [6.45, 7) is 2.79. The number of para-hydroxylation sites is 1. The van der Waals surface area contributed by atoms with Crippen molar-refractivity contribution in [3.8, 4) is 0 Å². The van der Waals surface area contributed by atoms with E-state index in [1.54, 1.807) is 10.8 Å². The Hall–Kier alpha value is -2.86. The van der Waals surface area contributed by atoms with Gasteiger partial charge in [-0.2, -0.15) is 0 Å².